The van der Waals surface area contributed by atoms with Gasteiger partial charge in [0.2, 0.25) is 5.91 Å². The van der Waals surface area contributed by atoms with Crippen molar-refractivity contribution in [3.63, 3.8) is 0 Å². The quantitative estimate of drug-likeness (QED) is 0.880. The predicted octanol–water partition coefficient (Wildman–Crippen LogP) is 1.58. The number of nitrogens with zero attached hydrogens (tertiary/aromatic N) is 1. The first-order valence-electron chi connectivity index (χ1n) is 8.00. The Kier molecular flexibility index (Phi) is 5.65. The van der Waals surface area contributed by atoms with E-state index in [1.165, 1.54) is 0 Å². The van der Waals surface area contributed by atoms with Crippen LogP contribution in [0.1, 0.15) is 36.5 Å². The molecule has 2 aliphatic heterocycles. The minimum atomic E-state index is -0.741. The number of hydrogen-bond donors (Lipinski definition) is 2. The van der Waals surface area contributed by atoms with Crippen molar-refractivity contribution in [1.29, 1.82) is 0 Å². The molecule has 2 N–H and O–H groups in total. The Morgan fingerprint density at radius 1 is 1.30 bits per heavy atom. The van der Waals surface area contributed by atoms with E-state index in [4.69, 9.17) is 0 Å². The highest BCUT2D eigenvalue weighted by Crippen LogP contribution is 2.31. The number of benzene rings is 1. The highest BCUT2D eigenvalue weighted by Gasteiger charge is 2.46. The minimum Gasteiger partial charge on any atom is -0.350 e. The number of carbonyl (C=O) groups excluding carboxylic acids is 2. The Labute approximate surface area is 143 Å². The molecule has 2 atom stereocenters. The van der Waals surface area contributed by atoms with Crippen LogP contribution < -0.4 is 10.6 Å². The van der Waals surface area contributed by atoms with Crippen molar-refractivity contribution in [2.45, 2.75) is 37.8 Å². The van der Waals surface area contributed by atoms with Crippen molar-refractivity contribution in [2.75, 3.05) is 19.6 Å². The van der Waals surface area contributed by atoms with E-state index in [0.29, 0.717) is 12.1 Å². The molecule has 2 unspecified atom stereocenters. The topological polar surface area (TPSA) is 61.4 Å². The zero-order chi connectivity index (χ0) is 15.6. The maximum atomic E-state index is 12.7. The molecule has 2 amide bonds. The lowest BCUT2D eigenvalue weighted by Crippen LogP contribution is -2.57. The second kappa shape index (κ2) is 7.32. The SMILES string of the molecule is CC1(C(=O)NC2CCNC2)CCCN1C(=O)c1ccccc1.Cl. The van der Waals surface area contributed by atoms with Crippen LogP contribution in [-0.4, -0.2) is 47.9 Å². The summed E-state index contributed by atoms with van der Waals surface area (Å²) < 4.78 is 0. The minimum absolute atomic E-state index is 0. The van der Waals surface area contributed by atoms with E-state index in [1.54, 1.807) is 17.0 Å². The molecule has 2 heterocycles. The molecule has 0 aliphatic carbocycles. The number of nitrogens with one attached hydrogen (secondary N) is 2. The summed E-state index contributed by atoms with van der Waals surface area (Å²) in [6.07, 6.45) is 2.54. The van der Waals surface area contributed by atoms with Crippen LogP contribution in [0.5, 0.6) is 0 Å². The van der Waals surface area contributed by atoms with Gasteiger partial charge in [-0.1, -0.05) is 18.2 Å². The maximum absolute atomic E-state index is 12.7. The van der Waals surface area contributed by atoms with Crippen LogP contribution in [0.4, 0.5) is 0 Å². The van der Waals surface area contributed by atoms with Crippen LogP contribution in [0.25, 0.3) is 0 Å². The lowest BCUT2D eigenvalue weighted by Gasteiger charge is -2.35. The summed E-state index contributed by atoms with van der Waals surface area (Å²) in [7, 11) is 0. The predicted molar refractivity (Wildman–Crippen MR) is 91.8 cm³/mol. The van der Waals surface area contributed by atoms with Crippen molar-refractivity contribution in [3.8, 4) is 0 Å². The lowest BCUT2D eigenvalue weighted by atomic mass is 9.96. The second-order valence-electron chi connectivity index (χ2n) is 6.36. The molecule has 1 aromatic carbocycles. The monoisotopic (exact) mass is 337 g/mol. The molecule has 0 spiro atoms. The smallest absolute Gasteiger partial charge is 0.254 e. The highest BCUT2D eigenvalue weighted by molar-refractivity contribution is 5.99. The van der Waals surface area contributed by atoms with Gasteiger partial charge in [0.15, 0.2) is 0 Å². The fraction of sp³-hybridized carbons (Fsp3) is 0.529. The zero-order valence-electron chi connectivity index (χ0n) is 13.4. The summed E-state index contributed by atoms with van der Waals surface area (Å²) in [5.41, 5.74) is -0.0962. The number of halogens is 1. The number of likely N-dealkylation sites (tertiary alicyclic amines) is 1. The van der Waals surface area contributed by atoms with E-state index in [9.17, 15) is 9.59 Å². The molecule has 126 valence electrons. The molecular formula is C17H24ClN3O2. The van der Waals surface area contributed by atoms with Crippen LogP contribution in [0.2, 0.25) is 0 Å². The molecule has 2 saturated heterocycles. The Morgan fingerprint density at radius 2 is 2.04 bits per heavy atom. The van der Waals surface area contributed by atoms with E-state index < -0.39 is 5.54 Å². The number of hydrogen-bond acceptors (Lipinski definition) is 3. The maximum Gasteiger partial charge on any atom is 0.254 e. The molecule has 2 fully saturated rings. The Balaban J connectivity index is 0.00000192. The van der Waals surface area contributed by atoms with Crippen molar-refractivity contribution < 1.29 is 9.59 Å². The van der Waals surface area contributed by atoms with Crippen LogP contribution in [-0.2, 0) is 4.79 Å². The van der Waals surface area contributed by atoms with E-state index in [2.05, 4.69) is 10.6 Å². The molecule has 1 aromatic rings. The van der Waals surface area contributed by atoms with Gasteiger partial charge in [-0.15, -0.1) is 12.4 Å². The Morgan fingerprint density at radius 3 is 2.70 bits per heavy atom. The van der Waals surface area contributed by atoms with Gasteiger partial charge in [-0.05, 0) is 44.9 Å². The molecule has 3 rings (SSSR count). The summed E-state index contributed by atoms with van der Waals surface area (Å²) >= 11 is 0. The molecule has 0 aromatic heterocycles. The van der Waals surface area contributed by atoms with E-state index in [1.807, 2.05) is 25.1 Å². The molecule has 23 heavy (non-hydrogen) atoms. The van der Waals surface area contributed by atoms with E-state index in [-0.39, 0.29) is 30.3 Å². The van der Waals surface area contributed by atoms with Crippen molar-refractivity contribution in [1.82, 2.24) is 15.5 Å². The summed E-state index contributed by atoms with van der Waals surface area (Å²) in [5, 5.41) is 6.35. The first-order valence-corrected chi connectivity index (χ1v) is 8.00. The van der Waals surface area contributed by atoms with Gasteiger partial charge < -0.3 is 15.5 Å². The molecule has 6 heteroatoms. The molecule has 0 saturated carbocycles. The third kappa shape index (κ3) is 3.51. The van der Waals surface area contributed by atoms with Gasteiger partial charge in [0.1, 0.15) is 5.54 Å². The van der Waals surface area contributed by atoms with Gasteiger partial charge in [0.05, 0.1) is 0 Å². The largest absolute Gasteiger partial charge is 0.350 e. The van der Waals surface area contributed by atoms with Crippen LogP contribution in [0.15, 0.2) is 30.3 Å². The van der Waals surface area contributed by atoms with Crippen LogP contribution in [0.3, 0.4) is 0 Å². The lowest BCUT2D eigenvalue weighted by molar-refractivity contribution is -0.130. The molecule has 0 bridgehead atoms. The second-order valence-corrected chi connectivity index (χ2v) is 6.36. The van der Waals surface area contributed by atoms with Crippen molar-refractivity contribution >= 4 is 24.2 Å². The number of amides is 2. The Hall–Kier alpha value is -1.59. The van der Waals surface area contributed by atoms with Gasteiger partial charge in [-0.3, -0.25) is 9.59 Å². The first-order chi connectivity index (χ1) is 10.6. The standard InChI is InChI=1S/C17H23N3O2.ClH/c1-17(16(22)19-14-8-10-18-12-14)9-5-11-20(17)15(21)13-6-3-2-4-7-13;/h2-4,6-7,14,18H,5,8-12H2,1H3,(H,19,22);1H. The third-order valence-corrected chi connectivity index (χ3v) is 4.79. The summed E-state index contributed by atoms with van der Waals surface area (Å²) in [4.78, 5) is 27.2. The van der Waals surface area contributed by atoms with Crippen LogP contribution >= 0.6 is 12.4 Å². The van der Waals surface area contributed by atoms with E-state index >= 15 is 0 Å². The first kappa shape index (κ1) is 17.8. The fourth-order valence-electron chi connectivity index (χ4n) is 3.38. The summed E-state index contributed by atoms with van der Waals surface area (Å²) in [6, 6.07) is 9.38. The average Bonchev–Trinajstić information content (AvgIpc) is 3.18. The van der Waals surface area contributed by atoms with Gasteiger partial charge in [-0.2, -0.15) is 0 Å². The van der Waals surface area contributed by atoms with Crippen molar-refractivity contribution in [2.24, 2.45) is 0 Å². The zero-order valence-corrected chi connectivity index (χ0v) is 14.2. The van der Waals surface area contributed by atoms with Gasteiger partial charge in [-0.25, -0.2) is 0 Å². The normalized spacial score (nSPS) is 26.7. The van der Waals surface area contributed by atoms with Crippen LogP contribution in [0, 0.1) is 0 Å². The number of carbonyl (C=O) groups is 2. The Bertz CT molecular complexity index is 560. The van der Waals surface area contributed by atoms with E-state index in [0.717, 1.165) is 32.4 Å². The highest BCUT2D eigenvalue weighted by atomic mass is 35.5. The van der Waals surface area contributed by atoms with Gasteiger partial charge in [0, 0.05) is 24.7 Å². The summed E-state index contributed by atoms with van der Waals surface area (Å²) in [5.74, 6) is -0.0803. The molecule has 2 aliphatic rings. The van der Waals surface area contributed by atoms with Gasteiger partial charge >= 0.3 is 0 Å². The molecule has 5 nitrogen and oxygen atoms in total. The van der Waals surface area contributed by atoms with Crippen molar-refractivity contribution in [3.05, 3.63) is 35.9 Å². The average molecular weight is 338 g/mol. The fourth-order valence-corrected chi connectivity index (χ4v) is 3.38. The molecule has 0 radical (unpaired) electrons. The van der Waals surface area contributed by atoms with Gasteiger partial charge in [0.25, 0.3) is 5.91 Å². The number of rotatable bonds is 3. The summed E-state index contributed by atoms with van der Waals surface area (Å²) in [6.45, 7) is 4.28. The third-order valence-electron chi connectivity index (χ3n) is 4.79. The molecular weight excluding hydrogens is 314 g/mol.